The molecule has 3 heterocycles. The van der Waals surface area contributed by atoms with Crippen molar-refractivity contribution >= 4 is 23.2 Å². The van der Waals surface area contributed by atoms with Crippen molar-refractivity contribution < 1.29 is 14.3 Å². The number of piperidine rings is 1. The number of thiophene rings is 1. The predicted octanol–water partition coefficient (Wildman–Crippen LogP) is 2.18. The number of hydrogen-bond donors (Lipinski definition) is 1. The summed E-state index contributed by atoms with van der Waals surface area (Å²) >= 11 is 1.45. The van der Waals surface area contributed by atoms with Crippen LogP contribution in [0.15, 0.2) is 35.8 Å². The van der Waals surface area contributed by atoms with Crippen LogP contribution in [-0.2, 0) is 0 Å². The van der Waals surface area contributed by atoms with Crippen molar-refractivity contribution in [2.45, 2.75) is 24.9 Å². The summed E-state index contributed by atoms with van der Waals surface area (Å²) in [4.78, 5) is 31.7. The van der Waals surface area contributed by atoms with Gasteiger partial charge in [-0.2, -0.15) is 0 Å². The molecule has 6 nitrogen and oxygen atoms in total. The Hall–Kier alpha value is -2.41. The first-order valence-corrected chi connectivity index (χ1v) is 9.19. The minimum Gasteiger partial charge on any atom is -0.481 e. The Labute approximate surface area is 149 Å². The lowest BCUT2D eigenvalue weighted by molar-refractivity contribution is 0.0679. The summed E-state index contributed by atoms with van der Waals surface area (Å²) in [7, 11) is 1.55. The summed E-state index contributed by atoms with van der Waals surface area (Å²) in [6.07, 6.45) is 3.32. The van der Waals surface area contributed by atoms with Crippen LogP contribution in [0.2, 0.25) is 0 Å². The van der Waals surface area contributed by atoms with Crippen molar-refractivity contribution in [2.24, 2.45) is 5.92 Å². The van der Waals surface area contributed by atoms with E-state index in [4.69, 9.17) is 4.74 Å². The van der Waals surface area contributed by atoms with Crippen molar-refractivity contribution in [3.8, 4) is 5.88 Å². The molecule has 2 amide bonds. The molecule has 1 saturated carbocycles. The molecule has 3 atom stereocenters. The first kappa shape index (κ1) is 16.1. The van der Waals surface area contributed by atoms with Gasteiger partial charge in [0.15, 0.2) is 0 Å². The van der Waals surface area contributed by atoms with Crippen LogP contribution in [0.1, 0.15) is 32.9 Å². The van der Waals surface area contributed by atoms with Gasteiger partial charge in [-0.15, -0.1) is 11.3 Å². The molecule has 2 bridgehead atoms. The molecule has 0 radical (unpaired) electrons. The van der Waals surface area contributed by atoms with Gasteiger partial charge < -0.3 is 15.0 Å². The summed E-state index contributed by atoms with van der Waals surface area (Å²) in [5.74, 6) is 0.815. The highest BCUT2D eigenvalue weighted by atomic mass is 32.1. The van der Waals surface area contributed by atoms with Gasteiger partial charge in [0.2, 0.25) is 5.88 Å². The van der Waals surface area contributed by atoms with Gasteiger partial charge in [-0.3, -0.25) is 9.59 Å². The summed E-state index contributed by atoms with van der Waals surface area (Å²) in [6, 6.07) is 7.50. The Morgan fingerprint density at radius 2 is 2.20 bits per heavy atom. The fraction of sp³-hybridized carbons (Fsp3) is 0.389. The number of methoxy groups -OCH3 is 1. The number of nitrogens with zero attached hydrogens (tertiary/aromatic N) is 2. The number of likely N-dealkylation sites (tertiary alicyclic amines) is 1. The number of pyridine rings is 1. The van der Waals surface area contributed by atoms with Gasteiger partial charge in [0, 0.05) is 30.9 Å². The van der Waals surface area contributed by atoms with E-state index in [0.29, 0.717) is 23.9 Å². The van der Waals surface area contributed by atoms with E-state index in [-0.39, 0.29) is 23.9 Å². The summed E-state index contributed by atoms with van der Waals surface area (Å²) < 4.78 is 5.03. The number of hydrogen-bond acceptors (Lipinski definition) is 5. The third kappa shape index (κ3) is 3.00. The standard InChI is InChI=1S/C18H19N3O3S/c1-24-16-5-4-11(9-19-16)18(23)21-10-12-7-13(21)8-14(12)20-17(22)15-3-2-6-25-15/h2-6,9,12-14H,7-8,10H2,1H3,(H,20,22). The topological polar surface area (TPSA) is 71.5 Å². The molecule has 2 fully saturated rings. The molecule has 1 aliphatic heterocycles. The molecule has 3 unspecified atom stereocenters. The molecule has 1 saturated heterocycles. The number of ether oxygens (including phenoxy) is 1. The fourth-order valence-corrected chi connectivity index (χ4v) is 4.45. The maximum atomic E-state index is 12.7. The Morgan fingerprint density at radius 3 is 2.80 bits per heavy atom. The van der Waals surface area contributed by atoms with E-state index in [0.717, 1.165) is 17.7 Å². The highest BCUT2D eigenvalue weighted by Crippen LogP contribution is 2.38. The monoisotopic (exact) mass is 357 g/mol. The van der Waals surface area contributed by atoms with Crippen molar-refractivity contribution in [3.63, 3.8) is 0 Å². The van der Waals surface area contributed by atoms with Gasteiger partial charge in [0.25, 0.3) is 11.8 Å². The zero-order valence-corrected chi connectivity index (χ0v) is 14.7. The Bertz CT molecular complexity index is 775. The van der Waals surface area contributed by atoms with Crippen LogP contribution >= 0.6 is 11.3 Å². The maximum absolute atomic E-state index is 12.7. The summed E-state index contributed by atoms with van der Waals surface area (Å²) in [5, 5.41) is 5.03. The van der Waals surface area contributed by atoms with Gasteiger partial charge in [0.1, 0.15) is 0 Å². The average Bonchev–Trinajstić information content (AvgIpc) is 3.37. The number of rotatable bonds is 4. The van der Waals surface area contributed by atoms with E-state index < -0.39 is 0 Å². The first-order valence-electron chi connectivity index (χ1n) is 8.31. The van der Waals surface area contributed by atoms with E-state index in [9.17, 15) is 9.59 Å². The van der Waals surface area contributed by atoms with E-state index in [1.165, 1.54) is 11.3 Å². The average molecular weight is 357 g/mol. The number of carbonyl (C=O) groups excluding carboxylic acids is 2. The highest BCUT2D eigenvalue weighted by molar-refractivity contribution is 7.12. The van der Waals surface area contributed by atoms with Crippen LogP contribution in [-0.4, -0.2) is 47.4 Å². The number of aromatic nitrogens is 1. The van der Waals surface area contributed by atoms with Crippen LogP contribution < -0.4 is 10.1 Å². The largest absolute Gasteiger partial charge is 0.481 e. The summed E-state index contributed by atoms with van der Waals surface area (Å²) in [5.41, 5.74) is 0.576. The zero-order valence-electron chi connectivity index (χ0n) is 13.8. The minimum atomic E-state index is -0.00946. The second-order valence-corrected chi connectivity index (χ2v) is 7.44. The second kappa shape index (κ2) is 6.48. The molecular formula is C18H19N3O3S. The van der Waals surface area contributed by atoms with Crippen molar-refractivity contribution in [2.75, 3.05) is 13.7 Å². The van der Waals surface area contributed by atoms with Crippen LogP contribution in [0.4, 0.5) is 0 Å². The van der Waals surface area contributed by atoms with Gasteiger partial charge in [-0.05, 0) is 36.3 Å². The molecule has 2 aromatic rings. The third-order valence-corrected chi connectivity index (χ3v) is 5.93. The first-order chi connectivity index (χ1) is 12.2. The Morgan fingerprint density at radius 1 is 1.32 bits per heavy atom. The molecule has 130 valence electrons. The lowest BCUT2D eigenvalue weighted by Gasteiger charge is -2.32. The van der Waals surface area contributed by atoms with Gasteiger partial charge in [-0.1, -0.05) is 6.07 Å². The number of amides is 2. The lowest BCUT2D eigenvalue weighted by atomic mass is 10.0. The van der Waals surface area contributed by atoms with Crippen LogP contribution in [0.5, 0.6) is 5.88 Å². The van der Waals surface area contributed by atoms with Crippen molar-refractivity contribution in [1.29, 1.82) is 0 Å². The second-order valence-electron chi connectivity index (χ2n) is 6.49. The number of fused-ring (bicyclic) bond motifs is 2. The highest BCUT2D eigenvalue weighted by Gasteiger charge is 2.47. The Balaban J connectivity index is 1.39. The SMILES string of the molecule is COc1ccc(C(=O)N2CC3CC2CC3NC(=O)c2cccs2)cn1. The fourth-order valence-electron chi connectivity index (χ4n) is 3.82. The molecule has 25 heavy (non-hydrogen) atoms. The van der Waals surface area contributed by atoms with E-state index in [2.05, 4.69) is 10.3 Å². The minimum absolute atomic E-state index is 0.00527. The molecule has 7 heteroatoms. The van der Waals surface area contributed by atoms with Crippen LogP contribution in [0, 0.1) is 5.92 Å². The zero-order chi connectivity index (χ0) is 17.4. The Kier molecular flexibility index (Phi) is 4.17. The smallest absolute Gasteiger partial charge is 0.261 e. The van der Waals surface area contributed by atoms with Gasteiger partial charge >= 0.3 is 0 Å². The molecule has 1 aliphatic carbocycles. The number of carbonyl (C=O) groups is 2. The summed E-state index contributed by atoms with van der Waals surface area (Å²) in [6.45, 7) is 0.685. The molecule has 1 N–H and O–H groups in total. The normalized spacial score (nSPS) is 24.4. The predicted molar refractivity (Wildman–Crippen MR) is 93.9 cm³/mol. The van der Waals surface area contributed by atoms with Gasteiger partial charge in [-0.25, -0.2) is 4.98 Å². The molecule has 4 rings (SSSR count). The molecule has 2 aromatic heterocycles. The molecular weight excluding hydrogens is 338 g/mol. The quantitative estimate of drug-likeness (QED) is 0.910. The lowest BCUT2D eigenvalue weighted by Crippen LogP contribution is -2.47. The van der Waals surface area contributed by atoms with Crippen LogP contribution in [0.25, 0.3) is 0 Å². The van der Waals surface area contributed by atoms with Crippen LogP contribution in [0.3, 0.4) is 0 Å². The number of nitrogens with one attached hydrogen (secondary N) is 1. The van der Waals surface area contributed by atoms with E-state index >= 15 is 0 Å². The molecule has 0 spiro atoms. The van der Waals surface area contributed by atoms with Crippen molar-refractivity contribution in [3.05, 3.63) is 46.3 Å². The van der Waals surface area contributed by atoms with E-state index in [1.54, 1.807) is 25.4 Å². The third-order valence-electron chi connectivity index (χ3n) is 5.06. The molecule has 0 aromatic carbocycles. The molecule has 2 aliphatic rings. The van der Waals surface area contributed by atoms with E-state index in [1.807, 2.05) is 22.4 Å². The maximum Gasteiger partial charge on any atom is 0.261 e. The van der Waals surface area contributed by atoms with Crippen molar-refractivity contribution in [1.82, 2.24) is 15.2 Å². The van der Waals surface area contributed by atoms with Gasteiger partial charge in [0.05, 0.1) is 17.6 Å².